The number of rotatable bonds is 4. The second kappa shape index (κ2) is 3.78. The number of aryl methyl sites for hydroxylation is 1. The van der Waals surface area contributed by atoms with E-state index in [4.69, 9.17) is 0 Å². The maximum absolute atomic E-state index is 4.08. The summed E-state index contributed by atoms with van der Waals surface area (Å²) < 4.78 is 1.95. The highest BCUT2D eigenvalue weighted by Gasteiger charge is 2.20. The minimum absolute atomic E-state index is 0.308. The van der Waals surface area contributed by atoms with E-state index >= 15 is 0 Å². The molecule has 1 aliphatic carbocycles. The van der Waals surface area contributed by atoms with Crippen molar-refractivity contribution in [2.45, 2.75) is 37.6 Å². The molecular weight excluding hydrogens is 230 g/mol. The standard InChI is InChI=1S/C9H14BrN3/c1-7(10)9-6-13(12-11-9)5-4-8-2-3-8/h6-8H,2-5H2,1H3. The molecule has 0 amide bonds. The molecule has 1 aromatic rings. The Morgan fingerprint density at radius 2 is 2.46 bits per heavy atom. The van der Waals surface area contributed by atoms with Crippen LogP contribution in [0.1, 0.15) is 36.7 Å². The molecule has 3 nitrogen and oxygen atoms in total. The number of alkyl halides is 1. The Balaban J connectivity index is 1.88. The lowest BCUT2D eigenvalue weighted by atomic mass is 10.3. The summed E-state index contributed by atoms with van der Waals surface area (Å²) in [4.78, 5) is 0.308. The molecule has 0 bridgehead atoms. The third kappa shape index (κ3) is 2.53. The Labute approximate surface area is 86.6 Å². The average molecular weight is 244 g/mol. The summed E-state index contributed by atoms with van der Waals surface area (Å²) in [5.74, 6) is 0.967. The van der Waals surface area contributed by atoms with Gasteiger partial charge in [-0.15, -0.1) is 5.10 Å². The van der Waals surface area contributed by atoms with E-state index in [0.29, 0.717) is 4.83 Å². The van der Waals surface area contributed by atoms with Crippen LogP contribution in [0.5, 0.6) is 0 Å². The molecule has 0 aromatic carbocycles. The van der Waals surface area contributed by atoms with E-state index in [1.807, 2.05) is 10.9 Å². The molecule has 1 heterocycles. The van der Waals surface area contributed by atoms with Gasteiger partial charge in [0, 0.05) is 12.7 Å². The van der Waals surface area contributed by atoms with Crippen molar-refractivity contribution in [1.29, 1.82) is 0 Å². The zero-order chi connectivity index (χ0) is 9.26. The molecule has 4 heteroatoms. The first-order valence-corrected chi connectivity index (χ1v) is 5.71. The number of hydrogen-bond acceptors (Lipinski definition) is 2. The second-order valence-corrected chi connectivity index (χ2v) is 5.13. The predicted octanol–water partition coefficient (Wildman–Crippen LogP) is 2.53. The minimum Gasteiger partial charge on any atom is -0.252 e. The van der Waals surface area contributed by atoms with E-state index in [1.54, 1.807) is 0 Å². The van der Waals surface area contributed by atoms with E-state index in [0.717, 1.165) is 18.2 Å². The Kier molecular flexibility index (Phi) is 2.67. The van der Waals surface area contributed by atoms with E-state index < -0.39 is 0 Å². The van der Waals surface area contributed by atoms with Crippen molar-refractivity contribution in [1.82, 2.24) is 15.0 Å². The van der Waals surface area contributed by atoms with Crippen LogP contribution >= 0.6 is 15.9 Å². The van der Waals surface area contributed by atoms with E-state index in [-0.39, 0.29) is 0 Å². The molecule has 0 saturated heterocycles. The van der Waals surface area contributed by atoms with Crippen LogP contribution in [-0.2, 0) is 6.54 Å². The molecule has 13 heavy (non-hydrogen) atoms. The first kappa shape index (κ1) is 9.19. The maximum atomic E-state index is 4.08. The van der Waals surface area contributed by atoms with Gasteiger partial charge in [-0.05, 0) is 19.3 Å². The maximum Gasteiger partial charge on any atom is 0.0960 e. The van der Waals surface area contributed by atoms with Crippen LogP contribution in [-0.4, -0.2) is 15.0 Å². The van der Waals surface area contributed by atoms with Gasteiger partial charge in [0.1, 0.15) is 0 Å². The van der Waals surface area contributed by atoms with Gasteiger partial charge in [-0.2, -0.15) is 0 Å². The molecule has 72 valence electrons. The fourth-order valence-electron chi connectivity index (χ4n) is 1.33. The Bertz CT molecular complexity index is 278. The fraction of sp³-hybridized carbons (Fsp3) is 0.778. The summed E-state index contributed by atoms with van der Waals surface area (Å²) in [6, 6.07) is 0. The number of aromatic nitrogens is 3. The number of halogens is 1. The van der Waals surface area contributed by atoms with Crippen LogP contribution in [0.3, 0.4) is 0 Å². The lowest BCUT2D eigenvalue weighted by Crippen LogP contribution is -1.99. The minimum atomic E-state index is 0.308. The highest BCUT2D eigenvalue weighted by Crippen LogP contribution is 2.32. The number of nitrogens with zero attached hydrogens (tertiary/aromatic N) is 3. The highest BCUT2D eigenvalue weighted by atomic mass is 79.9. The molecule has 1 fully saturated rings. The Hall–Kier alpha value is -0.380. The van der Waals surface area contributed by atoms with Gasteiger partial charge in [0.15, 0.2) is 0 Å². The van der Waals surface area contributed by atoms with E-state index in [2.05, 4.69) is 33.2 Å². The lowest BCUT2D eigenvalue weighted by molar-refractivity contribution is 0.531. The fourth-order valence-corrected chi connectivity index (χ4v) is 1.54. The van der Waals surface area contributed by atoms with Gasteiger partial charge < -0.3 is 0 Å². The van der Waals surface area contributed by atoms with Gasteiger partial charge in [-0.25, -0.2) is 0 Å². The third-order valence-corrected chi connectivity index (χ3v) is 2.90. The van der Waals surface area contributed by atoms with Crippen molar-refractivity contribution in [2.24, 2.45) is 5.92 Å². The first-order valence-electron chi connectivity index (χ1n) is 4.80. The normalized spacial score (nSPS) is 18.9. The average Bonchev–Trinajstić information content (AvgIpc) is 2.79. The number of hydrogen-bond donors (Lipinski definition) is 0. The smallest absolute Gasteiger partial charge is 0.0960 e. The molecule has 1 aromatic heterocycles. The largest absolute Gasteiger partial charge is 0.252 e. The second-order valence-electron chi connectivity index (χ2n) is 3.75. The summed E-state index contributed by atoms with van der Waals surface area (Å²) in [5, 5.41) is 8.15. The van der Waals surface area contributed by atoms with Crippen molar-refractivity contribution in [3.05, 3.63) is 11.9 Å². The molecule has 0 N–H and O–H groups in total. The molecule has 1 saturated carbocycles. The van der Waals surface area contributed by atoms with Crippen molar-refractivity contribution in [3.8, 4) is 0 Å². The van der Waals surface area contributed by atoms with Gasteiger partial charge in [-0.1, -0.05) is 34.0 Å². The molecule has 1 unspecified atom stereocenters. The van der Waals surface area contributed by atoms with Crippen LogP contribution in [0.25, 0.3) is 0 Å². The summed E-state index contributed by atoms with van der Waals surface area (Å²) in [6.45, 7) is 3.09. The zero-order valence-corrected chi connectivity index (χ0v) is 9.37. The van der Waals surface area contributed by atoms with Crippen LogP contribution in [0.2, 0.25) is 0 Å². The molecule has 1 atom stereocenters. The summed E-state index contributed by atoms with van der Waals surface area (Å²) in [5.41, 5.74) is 1.02. The van der Waals surface area contributed by atoms with Gasteiger partial charge in [0.25, 0.3) is 0 Å². The molecule has 0 aliphatic heterocycles. The molecule has 2 rings (SSSR count). The monoisotopic (exact) mass is 243 g/mol. The molecular formula is C9H14BrN3. The highest BCUT2D eigenvalue weighted by molar-refractivity contribution is 9.09. The van der Waals surface area contributed by atoms with Crippen LogP contribution in [0.15, 0.2) is 6.20 Å². The lowest BCUT2D eigenvalue weighted by Gasteiger charge is -1.97. The van der Waals surface area contributed by atoms with Gasteiger partial charge in [0.05, 0.1) is 10.5 Å². The summed E-state index contributed by atoms with van der Waals surface area (Å²) >= 11 is 3.47. The first-order chi connectivity index (χ1) is 6.25. The Morgan fingerprint density at radius 1 is 1.69 bits per heavy atom. The summed E-state index contributed by atoms with van der Waals surface area (Å²) in [7, 11) is 0. The quantitative estimate of drug-likeness (QED) is 0.762. The topological polar surface area (TPSA) is 30.7 Å². The van der Waals surface area contributed by atoms with Crippen LogP contribution in [0.4, 0.5) is 0 Å². The SMILES string of the molecule is CC(Br)c1cn(CCC2CC2)nn1. The summed E-state index contributed by atoms with van der Waals surface area (Å²) in [6.07, 6.45) is 6.12. The molecule has 0 spiro atoms. The van der Waals surface area contributed by atoms with Gasteiger partial charge in [-0.3, -0.25) is 4.68 Å². The van der Waals surface area contributed by atoms with Crippen molar-refractivity contribution >= 4 is 15.9 Å². The van der Waals surface area contributed by atoms with Crippen molar-refractivity contribution in [3.63, 3.8) is 0 Å². The third-order valence-electron chi connectivity index (χ3n) is 2.43. The zero-order valence-electron chi connectivity index (χ0n) is 7.78. The predicted molar refractivity (Wildman–Crippen MR) is 54.7 cm³/mol. The van der Waals surface area contributed by atoms with Gasteiger partial charge in [0.2, 0.25) is 0 Å². The van der Waals surface area contributed by atoms with Crippen LogP contribution < -0.4 is 0 Å². The van der Waals surface area contributed by atoms with E-state index in [1.165, 1.54) is 19.3 Å². The molecule has 1 aliphatic rings. The van der Waals surface area contributed by atoms with Crippen molar-refractivity contribution < 1.29 is 0 Å². The van der Waals surface area contributed by atoms with Gasteiger partial charge >= 0.3 is 0 Å². The Morgan fingerprint density at radius 3 is 3.00 bits per heavy atom. The molecule has 0 radical (unpaired) electrons. The van der Waals surface area contributed by atoms with E-state index in [9.17, 15) is 0 Å². The van der Waals surface area contributed by atoms with Crippen LogP contribution in [0, 0.1) is 5.92 Å². The van der Waals surface area contributed by atoms with Crippen molar-refractivity contribution in [2.75, 3.05) is 0 Å².